The van der Waals surface area contributed by atoms with Gasteiger partial charge in [-0.2, -0.15) is 0 Å². The summed E-state index contributed by atoms with van der Waals surface area (Å²) in [6.45, 7) is 6.24. The third kappa shape index (κ3) is 6.14. The van der Waals surface area contributed by atoms with Crippen molar-refractivity contribution in [3.05, 3.63) is 47.5 Å². The van der Waals surface area contributed by atoms with Crippen molar-refractivity contribution < 1.29 is 32.9 Å². The maximum atomic E-state index is 15.4. The van der Waals surface area contributed by atoms with Gasteiger partial charge in [0.1, 0.15) is 0 Å². The van der Waals surface area contributed by atoms with Gasteiger partial charge in [-0.1, -0.05) is 50.6 Å². The largest absolute Gasteiger partial charge is 0.486 e. The van der Waals surface area contributed by atoms with Crippen LogP contribution in [0.5, 0.6) is 23.0 Å². The van der Waals surface area contributed by atoms with Crippen molar-refractivity contribution in [1.82, 2.24) is 0 Å². The number of fused-ring (bicyclic) bond motifs is 1. The van der Waals surface area contributed by atoms with E-state index in [1.54, 1.807) is 30.4 Å². The van der Waals surface area contributed by atoms with E-state index < -0.39 is 17.6 Å². The van der Waals surface area contributed by atoms with Gasteiger partial charge in [0.2, 0.25) is 17.2 Å². The molecule has 0 heterocycles. The van der Waals surface area contributed by atoms with E-state index in [1.165, 1.54) is 6.08 Å². The summed E-state index contributed by atoms with van der Waals surface area (Å²) >= 11 is 6.28. The second-order valence-electron chi connectivity index (χ2n) is 8.17. The number of allylic oxidation sites excluding steroid dienone is 3. The maximum absolute atomic E-state index is 15.4. The molecule has 0 bridgehead atoms. The van der Waals surface area contributed by atoms with Crippen LogP contribution >= 0.6 is 11.6 Å². The highest BCUT2D eigenvalue weighted by molar-refractivity contribution is 6.31. The van der Waals surface area contributed by atoms with Gasteiger partial charge in [0.15, 0.2) is 11.5 Å². The Morgan fingerprint density at radius 1 is 0.914 bits per heavy atom. The second-order valence-corrected chi connectivity index (χ2v) is 8.61. The van der Waals surface area contributed by atoms with Crippen LogP contribution in [0.4, 0.5) is 4.39 Å². The number of hydrogen-bond donors (Lipinski definition) is 0. The molecule has 35 heavy (non-hydrogen) atoms. The van der Waals surface area contributed by atoms with Gasteiger partial charge in [0, 0.05) is 28.6 Å². The lowest BCUT2D eigenvalue weighted by atomic mass is 9.97. The van der Waals surface area contributed by atoms with Gasteiger partial charge in [0.05, 0.1) is 13.2 Å². The Bertz CT molecular complexity index is 1140. The first-order chi connectivity index (χ1) is 16.8. The molecule has 0 amide bonds. The van der Waals surface area contributed by atoms with Crippen molar-refractivity contribution in [2.75, 3.05) is 13.2 Å². The van der Waals surface area contributed by atoms with E-state index in [1.807, 2.05) is 20.8 Å². The SMILES string of the molecule is CCCOc1c(OCCC)c(OC(=O)C2(F)C=CC=CC2)c2cc(Cl)ccc2c1OC(=O)CCC. The Balaban J connectivity index is 2.25. The van der Waals surface area contributed by atoms with E-state index in [2.05, 4.69) is 0 Å². The summed E-state index contributed by atoms with van der Waals surface area (Å²) in [4.78, 5) is 25.5. The van der Waals surface area contributed by atoms with Gasteiger partial charge in [-0.05, 0) is 43.5 Å². The topological polar surface area (TPSA) is 71.1 Å². The quantitative estimate of drug-likeness (QED) is 0.245. The molecule has 0 saturated carbocycles. The number of hydrogen-bond acceptors (Lipinski definition) is 6. The average molecular weight is 505 g/mol. The minimum atomic E-state index is -2.33. The Labute approximate surface area is 209 Å². The number of rotatable bonds is 11. The summed E-state index contributed by atoms with van der Waals surface area (Å²) in [7, 11) is 0. The van der Waals surface area contributed by atoms with Crippen molar-refractivity contribution in [2.45, 2.75) is 58.5 Å². The fourth-order valence-corrected chi connectivity index (χ4v) is 3.69. The van der Waals surface area contributed by atoms with Gasteiger partial charge >= 0.3 is 11.9 Å². The zero-order valence-electron chi connectivity index (χ0n) is 20.2. The molecule has 0 aliphatic heterocycles. The summed E-state index contributed by atoms with van der Waals surface area (Å²) in [6.07, 6.45) is 7.78. The van der Waals surface area contributed by atoms with E-state index in [4.69, 9.17) is 30.5 Å². The molecule has 0 N–H and O–H groups in total. The molecular formula is C27H30ClFO6. The Morgan fingerprint density at radius 3 is 2.14 bits per heavy atom. The molecule has 0 aromatic heterocycles. The molecule has 1 atom stereocenters. The van der Waals surface area contributed by atoms with Crippen LogP contribution in [0, 0.1) is 0 Å². The van der Waals surface area contributed by atoms with Crippen LogP contribution in [-0.4, -0.2) is 30.8 Å². The molecule has 8 heteroatoms. The summed E-state index contributed by atoms with van der Waals surface area (Å²) in [5, 5.41) is 1.10. The van der Waals surface area contributed by atoms with E-state index in [-0.39, 0.29) is 49.1 Å². The molecule has 3 rings (SSSR count). The zero-order chi connectivity index (χ0) is 25.4. The lowest BCUT2D eigenvalue weighted by Gasteiger charge is -2.24. The van der Waals surface area contributed by atoms with Crippen molar-refractivity contribution in [3.8, 4) is 23.0 Å². The minimum Gasteiger partial charge on any atom is -0.486 e. The molecule has 0 spiro atoms. The third-order valence-corrected chi connectivity index (χ3v) is 5.45. The van der Waals surface area contributed by atoms with Gasteiger partial charge in [-0.25, -0.2) is 9.18 Å². The lowest BCUT2D eigenvalue weighted by molar-refractivity contribution is -0.144. The molecule has 1 unspecified atom stereocenters. The van der Waals surface area contributed by atoms with Gasteiger partial charge in [0.25, 0.3) is 0 Å². The van der Waals surface area contributed by atoms with Crippen LogP contribution in [0.2, 0.25) is 5.02 Å². The Morgan fingerprint density at radius 2 is 1.57 bits per heavy atom. The normalized spacial score (nSPS) is 16.8. The molecular weight excluding hydrogens is 475 g/mol. The molecule has 188 valence electrons. The van der Waals surface area contributed by atoms with Crippen LogP contribution < -0.4 is 18.9 Å². The average Bonchev–Trinajstić information content (AvgIpc) is 2.84. The molecule has 1 aliphatic carbocycles. The number of alkyl halides is 1. The van der Waals surface area contributed by atoms with Crippen LogP contribution in [0.3, 0.4) is 0 Å². The Kier molecular flexibility index (Phi) is 9.15. The van der Waals surface area contributed by atoms with Crippen LogP contribution in [0.1, 0.15) is 52.9 Å². The molecule has 0 radical (unpaired) electrons. The van der Waals surface area contributed by atoms with Crippen LogP contribution in [-0.2, 0) is 9.59 Å². The predicted octanol–water partition coefficient (Wildman–Crippen LogP) is 6.91. The first-order valence-electron chi connectivity index (χ1n) is 11.9. The molecule has 2 aromatic carbocycles. The highest BCUT2D eigenvalue weighted by Gasteiger charge is 2.39. The molecule has 0 saturated heterocycles. The van der Waals surface area contributed by atoms with Crippen molar-refractivity contribution >= 4 is 34.3 Å². The third-order valence-electron chi connectivity index (χ3n) is 5.22. The number of halogens is 2. The highest BCUT2D eigenvalue weighted by Crippen LogP contribution is 2.52. The second kappa shape index (κ2) is 12.1. The predicted molar refractivity (Wildman–Crippen MR) is 133 cm³/mol. The van der Waals surface area contributed by atoms with Crippen LogP contribution in [0.25, 0.3) is 10.8 Å². The lowest BCUT2D eigenvalue weighted by Crippen LogP contribution is -2.36. The van der Waals surface area contributed by atoms with Crippen molar-refractivity contribution in [3.63, 3.8) is 0 Å². The summed E-state index contributed by atoms with van der Waals surface area (Å²) in [5.74, 6) is -1.26. The van der Waals surface area contributed by atoms with E-state index in [9.17, 15) is 9.59 Å². The Hall–Kier alpha value is -3.06. The maximum Gasteiger partial charge on any atom is 0.353 e. The summed E-state index contributed by atoms with van der Waals surface area (Å²) < 4.78 is 38.7. The summed E-state index contributed by atoms with van der Waals surface area (Å²) in [5.41, 5.74) is -2.33. The van der Waals surface area contributed by atoms with E-state index in [0.717, 1.165) is 6.08 Å². The van der Waals surface area contributed by atoms with Gasteiger partial charge < -0.3 is 18.9 Å². The number of carbonyl (C=O) groups excluding carboxylic acids is 2. The molecule has 0 fully saturated rings. The summed E-state index contributed by atoms with van der Waals surface area (Å²) in [6, 6.07) is 4.81. The number of benzene rings is 2. The standard InChI is InChI=1S/C27H30ClFO6/c1-4-10-21(30)34-22-19-12-11-18(28)17-20(19)23(25(33-16-6-3)24(22)32-15-5-2)35-26(31)27(29)13-8-7-9-14-27/h7-9,11-13,17H,4-6,10,14-16H2,1-3H3. The van der Waals surface area contributed by atoms with E-state index in [0.29, 0.717) is 35.1 Å². The van der Waals surface area contributed by atoms with Gasteiger partial charge in [-0.15, -0.1) is 0 Å². The molecule has 2 aromatic rings. The highest BCUT2D eigenvalue weighted by atomic mass is 35.5. The zero-order valence-corrected chi connectivity index (χ0v) is 21.0. The van der Waals surface area contributed by atoms with E-state index >= 15 is 4.39 Å². The smallest absolute Gasteiger partial charge is 0.353 e. The minimum absolute atomic E-state index is 0.0395. The van der Waals surface area contributed by atoms with Gasteiger partial charge in [-0.3, -0.25) is 4.79 Å². The fourth-order valence-electron chi connectivity index (χ4n) is 3.52. The van der Waals surface area contributed by atoms with Crippen LogP contribution in [0.15, 0.2) is 42.5 Å². The first-order valence-corrected chi connectivity index (χ1v) is 12.2. The number of ether oxygens (including phenoxy) is 4. The molecule has 1 aliphatic rings. The molecule has 6 nitrogen and oxygen atoms in total. The number of esters is 2. The fraction of sp³-hybridized carbons (Fsp3) is 0.407. The number of carbonyl (C=O) groups is 2. The monoisotopic (exact) mass is 504 g/mol. The first kappa shape index (κ1) is 26.5. The van der Waals surface area contributed by atoms with Crippen molar-refractivity contribution in [2.24, 2.45) is 0 Å². The van der Waals surface area contributed by atoms with Crippen molar-refractivity contribution in [1.29, 1.82) is 0 Å².